The van der Waals surface area contributed by atoms with E-state index in [0.717, 1.165) is 5.56 Å². The number of amides is 1. The molecule has 0 aliphatic carbocycles. The number of aliphatic hydroxyl groups excluding tert-OH is 1. The first-order valence-electron chi connectivity index (χ1n) is 6.03. The van der Waals surface area contributed by atoms with Crippen molar-refractivity contribution in [1.29, 1.82) is 0 Å². The second-order valence-electron chi connectivity index (χ2n) is 5.00. The third-order valence-corrected chi connectivity index (χ3v) is 3.33. The molecule has 0 spiro atoms. The Morgan fingerprint density at radius 3 is 2.35 bits per heavy atom. The molecule has 1 aliphatic heterocycles. The fourth-order valence-electron chi connectivity index (χ4n) is 2.52. The van der Waals surface area contributed by atoms with Crippen LogP contribution in [0.5, 0.6) is 0 Å². The van der Waals surface area contributed by atoms with Gasteiger partial charge in [0.25, 0.3) is 0 Å². The summed E-state index contributed by atoms with van der Waals surface area (Å²) < 4.78 is 0. The summed E-state index contributed by atoms with van der Waals surface area (Å²) in [5.74, 6) is 0.0455. The van der Waals surface area contributed by atoms with Gasteiger partial charge in [0.15, 0.2) is 0 Å². The lowest BCUT2D eigenvalue weighted by Crippen LogP contribution is -2.29. The first-order chi connectivity index (χ1) is 7.97. The Morgan fingerprint density at radius 2 is 1.88 bits per heavy atom. The summed E-state index contributed by atoms with van der Waals surface area (Å²) in [5.41, 5.74) is 3.56. The van der Waals surface area contributed by atoms with Gasteiger partial charge < -0.3 is 10.0 Å². The van der Waals surface area contributed by atoms with Crippen molar-refractivity contribution in [1.82, 2.24) is 4.90 Å². The number of hydrogen-bond acceptors (Lipinski definition) is 2. The highest BCUT2D eigenvalue weighted by molar-refractivity contribution is 5.79. The minimum absolute atomic E-state index is 0.0400. The van der Waals surface area contributed by atoms with Crippen LogP contribution in [0.4, 0.5) is 0 Å². The quantitative estimate of drug-likeness (QED) is 0.848. The van der Waals surface area contributed by atoms with E-state index < -0.39 is 6.10 Å². The average molecular weight is 233 g/mol. The Hall–Kier alpha value is -1.35. The summed E-state index contributed by atoms with van der Waals surface area (Å²) in [4.78, 5) is 13.5. The molecule has 0 radical (unpaired) electrons. The zero-order chi connectivity index (χ0) is 12.6. The number of rotatable bonds is 2. The molecular formula is C14H19NO2. The van der Waals surface area contributed by atoms with Crippen LogP contribution in [0.15, 0.2) is 18.2 Å². The van der Waals surface area contributed by atoms with E-state index in [-0.39, 0.29) is 18.4 Å². The molecule has 1 aliphatic rings. The van der Waals surface area contributed by atoms with E-state index in [4.69, 9.17) is 0 Å². The Morgan fingerprint density at radius 1 is 1.29 bits per heavy atom. The first kappa shape index (κ1) is 12.1. The van der Waals surface area contributed by atoms with E-state index in [1.807, 2.05) is 6.92 Å². The normalized spacial score (nSPS) is 22.0. The van der Waals surface area contributed by atoms with Crippen LogP contribution in [0.2, 0.25) is 0 Å². The number of benzene rings is 1. The first-order valence-corrected chi connectivity index (χ1v) is 6.03. The fraction of sp³-hybridized carbons (Fsp3) is 0.500. The van der Waals surface area contributed by atoms with Crippen LogP contribution in [0.25, 0.3) is 0 Å². The molecular weight excluding hydrogens is 214 g/mol. The van der Waals surface area contributed by atoms with Crippen molar-refractivity contribution in [2.45, 2.75) is 39.3 Å². The zero-order valence-corrected chi connectivity index (χ0v) is 10.6. The molecule has 2 unspecified atom stereocenters. The predicted molar refractivity (Wildman–Crippen MR) is 66.7 cm³/mol. The molecule has 1 fully saturated rings. The lowest BCUT2D eigenvalue weighted by Gasteiger charge is -2.25. The van der Waals surface area contributed by atoms with Crippen LogP contribution >= 0.6 is 0 Å². The van der Waals surface area contributed by atoms with Crippen LogP contribution in [0, 0.1) is 13.8 Å². The van der Waals surface area contributed by atoms with Gasteiger partial charge in [0.2, 0.25) is 5.91 Å². The van der Waals surface area contributed by atoms with Crippen LogP contribution in [0.1, 0.15) is 36.1 Å². The monoisotopic (exact) mass is 233 g/mol. The molecule has 3 nitrogen and oxygen atoms in total. The molecule has 0 bridgehead atoms. The minimum Gasteiger partial charge on any atom is -0.391 e. The van der Waals surface area contributed by atoms with E-state index in [2.05, 4.69) is 32.0 Å². The Kier molecular flexibility index (Phi) is 3.20. The van der Waals surface area contributed by atoms with E-state index in [9.17, 15) is 9.90 Å². The number of aliphatic hydroxyl groups is 1. The second kappa shape index (κ2) is 4.49. The van der Waals surface area contributed by atoms with E-state index in [1.165, 1.54) is 11.1 Å². The van der Waals surface area contributed by atoms with Crippen LogP contribution < -0.4 is 0 Å². The van der Waals surface area contributed by atoms with Gasteiger partial charge >= 0.3 is 0 Å². The van der Waals surface area contributed by atoms with Crippen LogP contribution in [0.3, 0.4) is 0 Å². The number of carbonyl (C=O) groups excluding carboxylic acids is 1. The summed E-state index contributed by atoms with van der Waals surface area (Å²) in [6.45, 7) is 6.59. The number of carbonyl (C=O) groups is 1. The number of aryl methyl sites for hydroxylation is 2. The van der Waals surface area contributed by atoms with Gasteiger partial charge in [-0.15, -0.1) is 0 Å². The molecule has 0 aromatic heterocycles. The molecule has 1 aromatic rings. The highest BCUT2D eigenvalue weighted by atomic mass is 16.3. The largest absolute Gasteiger partial charge is 0.391 e. The maximum absolute atomic E-state index is 11.7. The molecule has 2 atom stereocenters. The number of hydrogen-bond donors (Lipinski definition) is 1. The second-order valence-corrected chi connectivity index (χ2v) is 5.00. The van der Waals surface area contributed by atoms with Gasteiger partial charge in [-0.25, -0.2) is 0 Å². The molecule has 3 heteroatoms. The molecule has 2 rings (SSSR count). The van der Waals surface area contributed by atoms with Gasteiger partial charge in [-0.2, -0.15) is 0 Å². The lowest BCUT2D eigenvalue weighted by atomic mass is 10.0. The zero-order valence-electron chi connectivity index (χ0n) is 10.6. The third kappa shape index (κ3) is 2.50. The van der Waals surface area contributed by atoms with Crippen LogP contribution in [-0.4, -0.2) is 28.6 Å². The van der Waals surface area contributed by atoms with E-state index in [0.29, 0.717) is 6.54 Å². The Labute approximate surface area is 102 Å². The van der Waals surface area contributed by atoms with Gasteiger partial charge in [-0.3, -0.25) is 4.79 Å². The van der Waals surface area contributed by atoms with Crippen molar-refractivity contribution in [2.75, 3.05) is 6.54 Å². The topological polar surface area (TPSA) is 40.5 Å². The maximum atomic E-state index is 11.7. The van der Waals surface area contributed by atoms with E-state index >= 15 is 0 Å². The van der Waals surface area contributed by atoms with Crippen molar-refractivity contribution < 1.29 is 9.90 Å². The van der Waals surface area contributed by atoms with Crippen molar-refractivity contribution >= 4 is 5.91 Å². The average Bonchev–Trinajstić information content (AvgIpc) is 2.55. The summed E-state index contributed by atoms with van der Waals surface area (Å²) in [6, 6.07) is 6.38. The summed E-state index contributed by atoms with van der Waals surface area (Å²) in [5, 5.41) is 9.51. The third-order valence-electron chi connectivity index (χ3n) is 3.33. The number of β-amino-alcohol motifs (C(OH)–C–C–N with tert-alkyl or cyclic N) is 1. The Balaban J connectivity index is 2.24. The predicted octanol–water partition coefficient (Wildman–Crippen LogP) is 1.96. The maximum Gasteiger partial charge on any atom is 0.225 e. The molecule has 1 amide bonds. The van der Waals surface area contributed by atoms with Crippen molar-refractivity contribution in [3.8, 4) is 0 Å². The highest BCUT2D eigenvalue weighted by Gasteiger charge is 2.31. The lowest BCUT2D eigenvalue weighted by molar-refractivity contribution is -0.129. The molecule has 1 N–H and O–H groups in total. The summed E-state index contributed by atoms with van der Waals surface area (Å²) in [7, 11) is 0. The van der Waals surface area contributed by atoms with Crippen molar-refractivity contribution in [3.63, 3.8) is 0 Å². The van der Waals surface area contributed by atoms with Gasteiger partial charge in [-0.1, -0.05) is 29.3 Å². The van der Waals surface area contributed by atoms with Crippen molar-refractivity contribution in [2.24, 2.45) is 0 Å². The smallest absolute Gasteiger partial charge is 0.225 e. The van der Waals surface area contributed by atoms with E-state index in [1.54, 1.807) is 4.90 Å². The Bertz CT molecular complexity index is 422. The number of nitrogens with zero attached hydrogens (tertiary/aromatic N) is 1. The van der Waals surface area contributed by atoms with Crippen LogP contribution in [-0.2, 0) is 4.79 Å². The molecule has 1 heterocycles. The summed E-state index contributed by atoms with van der Waals surface area (Å²) >= 11 is 0. The number of likely N-dealkylation sites (tertiary alicyclic amines) is 1. The van der Waals surface area contributed by atoms with Crippen molar-refractivity contribution in [3.05, 3.63) is 34.9 Å². The SMILES string of the molecule is Cc1cc(C)cc(C(C)N2CC(O)CC2=O)c1. The molecule has 1 aromatic carbocycles. The van der Waals surface area contributed by atoms with Gasteiger partial charge in [0.1, 0.15) is 0 Å². The van der Waals surface area contributed by atoms with Gasteiger partial charge in [0, 0.05) is 6.54 Å². The molecule has 1 saturated heterocycles. The minimum atomic E-state index is -0.504. The fourth-order valence-corrected chi connectivity index (χ4v) is 2.52. The summed E-state index contributed by atoms with van der Waals surface area (Å²) in [6.07, 6.45) is -0.245. The van der Waals surface area contributed by atoms with Gasteiger partial charge in [0.05, 0.1) is 18.6 Å². The highest BCUT2D eigenvalue weighted by Crippen LogP contribution is 2.26. The molecule has 0 saturated carbocycles. The molecule has 92 valence electrons. The standard InChI is InChI=1S/C14H19NO2/c1-9-4-10(2)6-12(5-9)11(3)15-8-13(16)7-14(15)17/h4-6,11,13,16H,7-8H2,1-3H3. The molecule has 17 heavy (non-hydrogen) atoms. The van der Waals surface area contributed by atoms with Gasteiger partial charge in [-0.05, 0) is 26.3 Å².